The monoisotopic (exact) mass is 352 g/mol. The molecule has 0 aliphatic carbocycles. The number of aromatic nitrogens is 3. The Morgan fingerprint density at radius 3 is 2.38 bits per heavy atom. The molecule has 26 heavy (non-hydrogen) atoms. The molecule has 0 aromatic carbocycles. The summed E-state index contributed by atoms with van der Waals surface area (Å²) in [5.74, 6) is 1.69. The van der Waals surface area contributed by atoms with Gasteiger partial charge < -0.3 is 14.7 Å². The largest absolute Gasteiger partial charge is 0.353 e. The van der Waals surface area contributed by atoms with E-state index in [9.17, 15) is 4.79 Å². The molecular formula is C19H24N6O. The fourth-order valence-corrected chi connectivity index (χ4v) is 3.56. The van der Waals surface area contributed by atoms with Crippen LogP contribution in [0.5, 0.6) is 0 Å². The van der Waals surface area contributed by atoms with Crippen LogP contribution in [0.1, 0.15) is 29.0 Å². The fraction of sp³-hybridized carbons (Fsp3) is 0.474. The van der Waals surface area contributed by atoms with Crippen molar-refractivity contribution in [2.24, 2.45) is 0 Å². The summed E-state index contributed by atoms with van der Waals surface area (Å²) >= 11 is 0. The van der Waals surface area contributed by atoms with Gasteiger partial charge in [-0.25, -0.2) is 15.0 Å². The van der Waals surface area contributed by atoms with E-state index in [4.69, 9.17) is 0 Å². The third-order valence-corrected chi connectivity index (χ3v) is 4.99. The lowest BCUT2D eigenvalue weighted by molar-refractivity contribution is 0.0787. The van der Waals surface area contributed by atoms with Crippen LogP contribution in [0.2, 0.25) is 0 Å². The van der Waals surface area contributed by atoms with E-state index in [2.05, 4.69) is 24.8 Å². The van der Waals surface area contributed by atoms with Gasteiger partial charge >= 0.3 is 0 Å². The van der Waals surface area contributed by atoms with Gasteiger partial charge in [-0.1, -0.05) is 6.07 Å². The number of piperazine rings is 1. The topological polar surface area (TPSA) is 65.5 Å². The smallest absolute Gasteiger partial charge is 0.272 e. The number of amides is 1. The van der Waals surface area contributed by atoms with Crippen molar-refractivity contribution in [1.29, 1.82) is 0 Å². The Kier molecular flexibility index (Phi) is 4.69. The van der Waals surface area contributed by atoms with Crippen molar-refractivity contribution < 1.29 is 4.79 Å². The molecule has 136 valence electrons. The van der Waals surface area contributed by atoms with Gasteiger partial charge in [0.15, 0.2) is 0 Å². The number of nitrogens with zero attached hydrogens (tertiary/aromatic N) is 6. The average Bonchev–Trinajstić information content (AvgIpc) is 3.22. The minimum atomic E-state index is 0.0290. The van der Waals surface area contributed by atoms with Gasteiger partial charge in [0.25, 0.3) is 5.91 Å². The van der Waals surface area contributed by atoms with Crippen LogP contribution in [0.25, 0.3) is 0 Å². The SMILES string of the molecule is Cc1cc(C(=O)N2CCCC2)nc(N2CCN(c3ccccn3)CC2)n1. The summed E-state index contributed by atoms with van der Waals surface area (Å²) < 4.78 is 0. The van der Waals surface area contributed by atoms with Crippen LogP contribution in [-0.2, 0) is 0 Å². The van der Waals surface area contributed by atoms with Gasteiger partial charge in [-0.3, -0.25) is 4.79 Å². The van der Waals surface area contributed by atoms with Gasteiger partial charge in [-0.05, 0) is 38.0 Å². The molecule has 2 aromatic rings. The molecule has 4 heterocycles. The van der Waals surface area contributed by atoms with E-state index in [1.165, 1.54) is 0 Å². The molecule has 1 amide bonds. The molecular weight excluding hydrogens is 328 g/mol. The zero-order valence-corrected chi connectivity index (χ0v) is 15.1. The molecule has 0 N–H and O–H groups in total. The number of carbonyl (C=O) groups is 1. The first-order valence-corrected chi connectivity index (χ1v) is 9.26. The number of pyridine rings is 1. The maximum absolute atomic E-state index is 12.7. The van der Waals surface area contributed by atoms with E-state index in [1.54, 1.807) is 6.07 Å². The Hall–Kier alpha value is -2.70. The molecule has 0 radical (unpaired) electrons. The lowest BCUT2D eigenvalue weighted by Gasteiger charge is -2.35. The Labute approximate surface area is 153 Å². The van der Waals surface area contributed by atoms with E-state index in [1.807, 2.05) is 36.2 Å². The molecule has 2 saturated heterocycles. The number of anilines is 2. The molecule has 0 bridgehead atoms. The van der Waals surface area contributed by atoms with Crippen molar-refractivity contribution >= 4 is 17.7 Å². The second kappa shape index (κ2) is 7.27. The first-order chi connectivity index (χ1) is 12.7. The zero-order valence-electron chi connectivity index (χ0n) is 15.1. The van der Waals surface area contributed by atoms with Crippen LogP contribution >= 0.6 is 0 Å². The molecule has 4 rings (SSSR count). The molecule has 0 spiro atoms. The minimum Gasteiger partial charge on any atom is -0.353 e. The van der Waals surface area contributed by atoms with Gasteiger partial charge in [0.05, 0.1) is 0 Å². The van der Waals surface area contributed by atoms with Crippen molar-refractivity contribution in [3.63, 3.8) is 0 Å². The van der Waals surface area contributed by atoms with Crippen LogP contribution in [0.15, 0.2) is 30.5 Å². The maximum atomic E-state index is 12.7. The molecule has 2 fully saturated rings. The summed E-state index contributed by atoms with van der Waals surface area (Å²) in [5, 5.41) is 0. The van der Waals surface area contributed by atoms with Crippen molar-refractivity contribution in [3.8, 4) is 0 Å². The van der Waals surface area contributed by atoms with Crippen LogP contribution in [0, 0.1) is 6.92 Å². The van der Waals surface area contributed by atoms with Gasteiger partial charge in [0, 0.05) is 51.2 Å². The summed E-state index contributed by atoms with van der Waals surface area (Å²) in [6, 6.07) is 7.77. The third kappa shape index (κ3) is 3.47. The predicted molar refractivity (Wildman–Crippen MR) is 101 cm³/mol. The first-order valence-electron chi connectivity index (χ1n) is 9.26. The Bertz CT molecular complexity index is 767. The third-order valence-electron chi connectivity index (χ3n) is 4.99. The molecule has 2 aromatic heterocycles. The second-order valence-electron chi connectivity index (χ2n) is 6.86. The van der Waals surface area contributed by atoms with E-state index >= 15 is 0 Å². The van der Waals surface area contributed by atoms with Gasteiger partial charge in [0.1, 0.15) is 11.5 Å². The number of aryl methyl sites for hydroxylation is 1. The van der Waals surface area contributed by atoms with Crippen LogP contribution < -0.4 is 9.80 Å². The molecule has 7 heteroatoms. The summed E-state index contributed by atoms with van der Waals surface area (Å²) in [6.07, 6.45) is 3.98. The van der Waals surface area contributed by atoms with E-state index in [0.29, 0.717) is 11.6 Å². The number of rotatable bonds is 3. The van der Waals surface area contributed by atoms with E-state index in [0.717, 1.165) is 63.6 Å². The number of hydrogen-bond donors (Lipinski definition) is 0. The Morgan fingerprint density at radius 1 is 0.962 bits per heavy atom. The standard InChI is InChI=1S/C19H24N6O/c1-15-14-16(18(26)24-8-4-5-9-24)22-19(21-15)25-12-10-23(11-13-25)17-6-2-3-7-20-17/h2-3,6-7,14H,4-5,8-13H2,1H3. The fourth-order valence-electron chi connectivity index (χ4n) is 3.56. The van der Waals surface area contributed by atoms with Gasteiger partial charge in [-0.2, -0.15) is 0 Å². The molecule has 0 saturated carbocycles. The Morgan fingerprint density at radius 2 is 1.69 bits per heavy atom. The summed E-state index contributed by atoms with van der Waals surface area (Å²) in [6.45, 7) is 6.96. The highest BCUT2D eigenvalue weighted by atomic mass is 16.2. The average molecular weight is 352 g/mol. The summed E-state index contributed by atoms with van der Waals surface area (Å²) in [4.78, 5) is 32.6. The lowest BCUT2D eigenvalue weighted by atomic mass is 10.3. The number of likely N-dealkylation sites (tertiary alicyclic amines) is 1. The number of hydrogen-bond acceptors (Lipinski definition) is 6. The highest BCUT2D eigenvalue weighted by molar-refractivity contribution is 5.92. The summed E-state index contributed by atoms with van der Waals surface area (Å²) in [5.41, 5.74) is 1.35. The first kappa shape index (κ1) is 16.8. The van der Waals surface area contributed by atoms with Crippen molar-refractivity contribution in [2.75, 3.05) is 49.1 Å². The number of carbonyl (C=O) groups excluding carboxylic acids is 1. The van der Waals surface area contributed by atoms with Gasteiger partial charge in [-0.15, -0.1) is 0 Å². The predicted octanol–water partition coefficient (Wildman–Crippen LogP) is 1.74. The van der Waals surface area contributed by atoms with E-state index in [-0.39, 0.29) is 5.91 Å². The van der Waals surface area contributed by atoms with E-state index < -0.39 is 0 Å². The van der Waals surface area contributed by atoms with Crippen molar-refractivity contribution in [2.45, 2.75) is 19.8 Å². The van der Waals surface area contributed by atoms with Crippen LogP contribution in [-0.4, -0.2) is 65.0 Å². The van der Waals surface area contributed by atoms with Gasteiger partial charge in [0.2, 0.25) is 5.95 Å². The quantitative estimate of drug-likeness (QED) is 0.838. The van der Waals surface area contributed by atoms with Crippen molar-refractivity contribution in [1.82, 2.24) is 19.9 Å². The summed E-state index contributed by atoms with van der Waals surface area (Å²) in [7, 11) is 0. The molecule has 0 unspecified atom stereocenters. The molecule has 7 nitrogen and oxygen atoms in total. The molecule has 2 aliphatic rings. The zero-order chi connectivity index (χ0) is 17.9. The Balaban J connectivity index is 1.47. The molecule has 0 atom stereocenters. The van der Waals surface area contributed by atoms with Crippen molar-refractivity contribution in [3.05, 3.63) is 41.9 Å². The normalized spacial score (nSPS) is 17.7. The second-order valence-corrected chi connectivity index (χ2v) is 6.86. The van der Waals surface area contributed by atoms with Crippen LogP contribution in [0.4, 0.5) is 11.8 Å². The molecule has 2 aliphatic heterocycles. The highest BCUT2D eigenvalue weighted by Crippen LogP contribution is 2.18. The minimum absolute atomic E-state index is 0.0290. The van der Waals surface area contributed by atoms with Crippen LogP contribution in [0.3, 0.4) is 0 Å². The maximum Gasteiger partial charge on any atom is 0.272 e. The lowest BCUT2D eigenvalue weighted by Crippen LogP contribution is -2.47. The highest BCUT2D eigenvalue weighted by Gasteiger charge is 2.24.